The van der Waals surface area contributed by atoms with Crippen molar-refractivity contribution in [1.29, 1.82) is 0 Å². The average molecular weight is 556 g/mol. The third kappa shape index (κ3) is 3.37. The highest BCUT2D eigenvalue weighted by Crippen LogP contribution is 2.62. The number of anilines is 2. The first-order valence-electron chi connectivity index (χ1n) is 13.2. The number of benzene rings is 3. The lowest BCUT2D eigenvalue weighted by atomic mass is 9.80. The molecule has 0 radical (unpaired) electrons. The maximum Gasteiger partial charge on any atom is 0.269 e. The average Bonchev–Trinajstić information content (AvgIpc) is 3.56. The summed E-state index contributed by atoms with van der Waals surface area (Å²) < 4.78 is 6.85. The van der Waals surface area contributed by atoms with Crippen LogP contribution >= 0.6 is 23.1 Å². The molecule has 1 aromatic heterocycles. The molecule has 2 atom stereocenters. The molecule has 3 aromatic carbocycles. The number of amides is 2. The lowest BCUT2D eigenvalue weighted by molar-refractivity contribution is -0.124. The number of rotatable bonds is 3. The van der Waals surface area contributed by atoms with Crippen molar-refractivity contribution in [2.45, 2.75) is 50.4 Å². The Bertz CT molecular complexity index is 1690. The van der Waals surface area contributed by atoms with E-state index < -0.39 is 4.87 Å². The first-order valence-corrected chi connectivity index (χ1v) is 15.0. The molecule has 1 fully saturated rings. The van der Waals surface area contributed by atoms with Crippen molar-refractivity contribution in [2.24, 2.45) is 0 Å². The van der Waals surface area contributed by atoms with Crippen LogP contribution in [0.1, 0.15) is 49.8 Å². The predicted octanol–water partition coefficient (Wildman–Crippen LogP) is 6.85. The summed E-state index contributed by atoms with van der Waals surface area (Å²) in [5.41, 5.74) is 6.42. The van der Waals surface area contributed by atoms with Crippen molar-refractivity contribution < 1.29 is 14.3 Å². The number of methoxy groups -OCH3 is 1. The van der Waals surface area contributed by atoms with Gasteiger partial charge in [0.25, 0.3) is 5.91 Å². The summed E-state index contributed by atoms with van der Waals surface area (Å²) in [7, 11) is 1.65. The van der Waals surface area contributed by atoms with Gasteiger partial charge in [0.05, 0.1) is 28.8 Å². The van der Waals surface area contributed by atoms with Crippen LogP contribution in [0.2, 0.25) is 0 Å². The molecule has 6 nitrogen and oxygen atoms in total. The number of thiazole rings is 1. The summed E-state index contributed by atoms with van der Waals surface area (Å²) in [6, 6.07) is 18.2. The molecule has 3 aliphatic heterocycles. The Labute approximate surface area is 236 Å². The van der Waals surface area contributed by atoms with Crippen molar-refractivity contribution in [1.82, 2.24) is 4.98 Å². The van der Waals surface area contributed by atoms with Crippen LogP contribution in [-0.4, -0.2) is 35.2 Å². The van der Waals surface area contributed by atoms with Crippen LogP contribution in [0, 0.1) is 6.92 Å². The number of carbonyl (C=O) groups is 2. The van der Waals surface area contributed by atoms with E-state index in [1.54, 1.807) is 23.3 Å². The van der Waals surface area contributed by atoms with Crippen LogP contribution in [0.15, 0.2) is 54.6 Å². The molecule has 3 aliphatic rings. The Morgan fingerprint density at radius 2 is 1.79 bits per heavy atom. The molecule has 0 saturated carbocycles. The molecule has 1 saturated heterocycles. The smallest absolute Gasteiger partial charge is 0.269 e. The predicted molar refractivity (Wildman–Crippen MR) is 159 cm³/mol. The van der Waals surface area contributed by atoms with E-state index in [-0.39, 0.29) is 29.0 Å². The molecular formula is C31H29N3O3S2. The molecule has 0 N–H and O–H groups in total. The summed E-state index contributed by atoms with van der Waals surface area (Å²) >= 11 is 3.07. The number of aryl methyl sites for hydroxylation is 1. The molecule has 198 valence electrons. The summed E-state index contributed by atoms with van der Waals surface area (Å²) in [4.78, 5) is 35.4. The van der Waals surface area contributed by atoms with E-state index in [2.05, 4.69) is 52.0 Å². The highest BCUT2D eigenvalue weighted by atomic mass is 32.2. The number of thioether (sulfide) groups is 1. The Kier molecular flexibility index (Phi) is 5.26. The van der Waals surface area contributed by atoms with Crippen molar-refractivity contribution >= 4 is 56.5 Å². The molecule has 1 spiro atoms. The fraction of sp³-hybridized carbons (Fsp3) is 0.323. The van der Waals surface area contributed by atoms with E-state index in [1.165, 1.54) is 17.3 Å². The fourth-order valence-corrected chi connectivity index (χ4v) is 8.98. The molecule has 0 bridgehead atoms. The van der Waals surface area contributed by atoms with Crippen LogP contribution in [-0.2, 0) is 14.5 Å². The highest BCUT2D eigenvalue weighted by molar-refractivity contribution is 8.02. The quantitative estimate of drug-likeness (QED) is 0.277. The monoisotopic (exact) mass is 555 g/mol. The first-order chi connectivity index (χ1) is 18.6. The van der Waals surface area contributed by atoms with E-state index >= 15 is 0 Å². The molecular weight excluding hydrogens is 526 g/mol. The van der Waals surface area contributed by atoms with Gasteiger partial charge in [-0.1, -0.05) is 13.0 Å². The second kappa shape index (κ2) is 8.32. The van der Waals surface area contributed by atoms with Gasteiger partial charge in [-0.3, -0.25) is 14.5 Å². The van der Waals surface area contributed by atoms with Gasteiger partial charge in [0.15, 0.2) is 0 Å². The van der Waals surface area contributed by atoms with Crippen LogP contribution in [0.5, 0.6) is 5.75 Å². The van der Waals surface area contributed by atoms with E-state index in [1.807, 2.05) is 35.2 Å². The van der Waals surface area contributed by atoms with Crippen molar-refractivity contribution in [3.8, 4) is 16.3 Å². The van der Waals surface area contributed by atoms with Crippen molar-refractivity contribution in [2.75, 3.05) is 22.7 Å². The number of ether oxygens (including phenoxy) is 1. The zero-order valence-electron chi connectivity index (χ0n) is 22.6. The summed E-state index contributed by atoms with van der Waals surface area (Å²) in [5.74, 6) is 1.09. The lowest BCUT2D eigenvalue weighted by Crippen LogP contribution is -2.56. The normalized spacial score (nSPS) is 23.3. The first kappa shape index (κ1) is 24.7. The van der Waals surface area contributed by atoms with Crippen LogP contribution in [0.4, 0.5) is 11.4 Å². The molecule has 7 rings (SSSR count). The number of hydrogen-bond donors (Lipinski definition) is 0. The maximum absolute atomic E-state index is 14.5. The molecule has 0 aliphatic carbocycles. The number of nitrogens with zero attached hydrogens (tertiary/aromatic N) is 3. The van der Waals surface area contributed by atoms with Gasteiger partial charge in [0.1, 0.15) is 10.8 Å². The molecule has 0 unspecified atom stereocenters. The Morgan fingerprint density at radius 1 is 1.03 bits per heavy atom. The van der Waals surface area contributed by atoms with E-state index in [0.29, 0.717) is 11.4 Å². The topological polar surface area (TPSA) is 62.7 Å². The van der Waals surface area contributed by atoms with E-state index in [0.717, 1.165) is 44.0 Å². The highest BCUT2D eigenvalue weighted by Gasteiger charge is 2.64. The molecule has 2 amide bonds. The minimum absolute atomic E-state index is 0.0506. The van der Waals surface area contributed by atoms with Crippen LogP contribution < -0.4 is 14.5 Å². The second-order valence-corrected chi connectivity index (χ2v) is 13.6. The minimum Gasteiger partial charge on any atom is -0.497 e. The van der Waals surface area contributed by atoms with Crippen molar-refractivity contribution in [3.05, 3.63) is 71.3 Å². The lowest BCUT2D eigenvalue weighted by Gasteiger charge is -2.44. The third-order valence-electron chi connectivity index (χ3n) is 8.26. The zero-order valence-corrected chi connectivity index (χ0v) is 24.2. The number of carbonyl (C=O) groups excluding carboxylic acids is 2. The second-order valence-electron chi connectivity index (χ2n) is 11.4. The van der Waals surface area contributed by atoms with E-state index in [9.17, 15) is 9.59 Å². The van der Waals surface area contributed by atoms with Crippen molar-refractivity contribution in [3.63, 3.8) is 0 Å². The van der Waals surface area contributed by atoms with Crippen LogP contribution in [0.25, 0.3) is 20.8 Å². The van der Waals surface area contributed by atoms with Gasteiger partial charge >= 0.3 is 0 Å². The SMILES string of the molecule is COc1cc2c3c(c1)[C@@]1(SCC(=O)N1c1ccc(-c4nc5ccc(C)cc5s4)cc1)C(=O)N3C(C)(C)C[C@@H]2C. The summed E-state index contributed by atoms with van der Waals surface area (Å²) in [6.45, 7) is 8.53. The molecule has 4 heterocycles. The van der Waals surface area contributed by atoms with Gasteiger partial charge in [-0.15, -0.1) is 23.1 Å². The molecule has 8 heteroatoms. The van der Waals surface area contributed by atoms with Gasteiger partial charge in [0, 0.05) is 22.4 Å². The summed E-state index contributed by atoms with van der Waals surface area (Å²) in [5, 5.41) is 0.934. The van der Waals surface area contributed by atoms with Gasteiger partial charge in [-0.2, -0.15) is 0 Å². The molecule has 4 aromatic rings. The third-order valence-corrected chi connectivity index (χ3v) is 10.7. The Morgan fingerprint density at radius 3 is 2.54 bits per heavy atom. The minimum atomic E-state index is -1.16. The Hall–Kier alpha value is -3.36. The zero-order chi connectivity index (χ0) is 27.3. The fourth-order valence-electron chi connectivity index (χ4n) is 6.59. The number of hydrogen-bond acceptors (Lipinski definition) is 6. The Balaban J connectivity index is 1.36. The molecule has 39 heavy (non-hydrogen) atoms. The maximum atomic E-state index is 14.5. The number of fused-ring (bicyclic) bond motifs is 2. The van der Waals surface area contributed by atoms with Gasteiger partial charge in [-0.25, -0.2) is 4.98 Å². The van der Waals surface area contributed by atoms with Crippen LogP contribution in [0.3, 0.4) is 0 Å². The van der Waals surface area contributed by atoms with Gasteiger partial charge < -0.3 is 9.64 Å². The van der Waals surface area contributed by atoms with E-state index in [4.69, 9.17) is 9.72 Å². The summed E-state index contributed by atoms with van der Waals surface area (Å²) in [6.07, 6.45) is 0.837. The standard InChI is InChI=1S/C31H29N3O3S2/c1-17-6-11-24-25(12-17)39-28(32-24)19-7-9-20(10-8-19)33-26(35)16-38-31(33)23-14-21(37-5)13-22-18(2)15-30(3,4)34(27(22)23)29(31)36/h6-14,18H,15-16H2,1-5H3/t18-,31+/m0/s1. The van der Waals surface area contributed by atoms with Gasteiger partial charge in [-0.05, 0) is 92.8 Å². The number of aromatic nitrogens is 1. The largest absolute Gasteiger partial charge is 0.497 e. The van der Waals surface area contributed by atoms with Gasteiger partial charge in [0.2, 0.25) is 10.8 Å².